The molecule has 110 valence electrons. The molecular formula is C14H18ClNO4. The first-order valence-corrected chi connectivity index (χ1v) is 6.86. The van der Waals surface area contributed by atoms with Crippen LogP contribution < -0.4 is 4.90 Å². The number of rotatable bonds is 6. The van der Waals surface area contributed by atoms with Gasteiger partial charge >= 0.3 is 12.1 Å². The minimum absolute atomic E-state index is 0.0173. The largest absolute Gasteiger partial charge is 0.478 e. The number of ether oxygens (including phenoxy) is 1. The highest BCUT2D eigenvalue weighted by atomic mass is 35.5. The Bertz CT molecular complexity index is 490. The van der Waals surface area contributed by atoms with Crippen molar-refractivity contribution in [3.8, 4) is 0 Å². The molecule has 5 nitrogen and oxygen atoms in total. The number of aromatic carboxylic acids is 1. The van der Waals surface area contributed by atoms with E-state index in [0.29, 0.717) is 18.2 Å². The third-order valence-corrected chi connectivity index (χ3v) is 2.98. The Morgan fingerprint density at radius 3 is 2.60 bits per heavy atom. The average molecular weight is 300 g/mol. The number of hydrogen-bond donors (Lipinski definition) is 1. The topological polar surface area (TPSA) is 66.8 Å². The SMILES string of the molecule is CCCCOC(=O)N(CC)c1cc(Cl)ccc1C(=O)O. The first-order valence-electron chi connectivity index (χ1n) is 6.48. The van der Waals surface area contributed by atoms with Gasteiger partial charge in [0.25, 0.3) is 0 Å². The van der Waals surface area contributed by atoms with Crippen molar-refractivity contribution in [1.82, 2.24) is 0 Å². The summed E-state index contributed by atoms with van der Waals surface area (Å²) in [4.78, 5) is 24.5. The van der Waals surface area contributed by atoms with Crippen LogP contribution in [0.3, 0.4) is 0 Å². The van der Waals surface area contributed by atoms with E-state index < -0.39 is 12.1 Å². The van der Waals surface area contributed by atoms with Gasteiger partial charge in [-0.3, -0.25) is 4.90 Å². The van der Waals surface area contributed by atoms with E-state index in [0.717, 1.165) is 12.8 Å². The van der Waals surface area contributed by atoms with E-state index in [1.807, 2.05) is 6.92 Å². The van der Waals surface area contributed by atoms with Gasteiger partial charge in [-0.05, 0) is 31.5 Å². The second-order valence-corrected chi connectivity index (χ2v) is 4.62. The molecule has 0 heterocycles. The normalized spacial score (nSPS) is 10.2. The Morgan fingerprint density at radius 1 is 1.35 bits per heavy atom. The van der Waals surface area contributed by atoms with Gasteiger partial charge < -0.3 is 9.84 Å². The van der Waals surface area contributed by atoms with Gasteiger partial charge in [0.15, 0.2) is 0 Å². The maximum Gasteiger partial charge on any atom is 0.414 e. The summed E-state index contributed by atoms with van der Waals surface area (Å²) in [5, 5.41) is 9.54. The van der Waals surface area contributed by atoms with Crippen LogP contribution in [0.25, 0.3) is 0 Å². The molecule has 0 aromatic heterocycles. The molecule has 0 unspecified atom stereocenters. The van der Waals surface area contributed by atoms with Crippen LogP contribution in [-0.2, 0) is 4.74 Å². The van der Waals surface area contributed by atoms with Crippen LogP contribution in [0, 0.1) is 0 Å². The number of carboxylic acid groups (broad SMARTS) is 1. The zero-order chi connectivity index (χ0) is 15.1. The van der Waals surface area contributed by atoms with E-state index in [4.69, 9.17) is 16.3 Å². The number of carboxylic acids is 1. The molecule has 0 spiro atoms. The van der Waals surface area contributed by atoms with Crippen LogP contribution in [0.1, 0.15) is 37.0 Å². The maximum atomic E-state index is 12.0. The number of nitrogens with zero attached hydrogens (tertiary/aromatic N) is 1. The zero-order valence-corrected chi connectivity index (χ0v) is 12.3. The number of halogens is 1. The smallest absolute Gasteiger partial charge is 0.414 e. The summed E-state index contributed by atoms with van der Waals surface area (Å²) in [5.41, 5.74) is 0.262. The summed E-state index contributed by atoms with van der Waals surface area (Å²) in [7, 11) is 0. The average Bonchev–Trinajstić information content (AvgIpc) is 2.39. The lowest BCUT2D eigenvalue weighted by molar-refractivity contribution is 0.0697. The van der Waals surface area contributed by atoms with Gasteiger partial charge in [0.05, 0.1) is 17.9 Å². The summed E-state index contributed by atoms with van der Waals surface area (Å²) in [6.07, 6.45) is 1.12. The van der Waals surface area contributed by atoms with E-state index in [9.17, 15) is 14.7 Å². The van der Waals surface area contributed by atoms with Crippen LogP contribution in [0.15, 0.2) is 18.2 Å². The van der Waals surface area contributed by atoms with Crippen LogP contribution in [0.5, 0.6) is 0 Å². The maximum absolute atomic E-state index is 12.0. The van der Waals surface area contributed by atoms with Crippen LogP contribution in [0.4, 0.5) is 10.5 Å². The molecule has 1 rings (SSSR count). The van der Waals surface area contributed by atoms with Crippen LogP contribution in [0.2, 0.25) is 5.02 Å². The minimum atomic E-state index is -1.11. The zero-order valence-electron chi connectivity index (χ0n) is 11.6. The molecule has 6 heteroatoms. The second-order valence-electron chi connectivity index (χ2n) is 4.18. The second kappa shape index (κ2) is 7.75. The number of benzene rings is 1. The van der Waals surface area contributed by atoms with Crippen molar-refractivity contribution in [3.05, 3.63) is 28.8 Å². The van der Waals surface area contributed by atoms with E-state index in [1.165, 1.54) is 23.1 Å². The third-order valence-electron chi connectivity index (χ3n) is 2.74. The molecule has 0 aliphatic rings. The molecule has 0 aliphatic heterocycles. The predicted molar refractivity (Wildman–Crippen MR) is 77.7 cm³/mol. The monoisotopic (exact) mass is 299 g/mol. The molecule has 1 aromatic carbocycles. The molecule has 0 atom stereocenters. The van der Waals surface area contributed by atoms with E-state index in [2.05, 4.69) is 0 Å². The molecule has 0 saturated carbocycles. The highest BCUT2D eigenvalue weighted by Gasteiger charge is 2.21. The van der Waals surface area contributed by atoms with Gasteiger partial charge in [0.1, 0.15) is 0 Å². The Morgan fingerprint density at radius 2 is 2.05 bits per heavy atom. The fraction of sp³-hybridized carbons (Fsp3) is 0.429. The molecule has 0 aliphatic carbocycles. The predicted octanol–water partition coefficient (Wildman–Crippen LogP) is 3.80. The van der Waals surface area contributed by atoms with Crippen molar-refractivity contribution in [2.24, 2.45) is 0 Å². The molecule has 20 heavy (non-hydrogen) atoms. The van der Waals surface area contributed by atoms with Crippen molar-refractivity contribution < 1.29 is 19.4 Å². The molecule has 1 aromatic rings. The van der Waals surface area contributed by atoms with E-state index >= 15 is 0 Å². The van der Waals surface area contributed by atoms with Crippen LogP contribution in [-0.4, -0.2) is 30.3 Å². The van der Waals surface area contributed by atoms with Crippen molar-refractivity contribution >= 4 is 29.4 Å². The number of carbonyl (C=O) groups excluding carboxylic acids is 1. The van der Waals surface area contributed by atoms with Gasteiger partial charge in [-0.1, -0.05) is 24.9 Å². The van der Waals surface area contributed by atoms with Gasteiger partial charge in [-0.25, -0.2) is 9.59 Å². The van der Waals surface area contributed by atoms with Crippen molar-refractivity contribution in [3.63, 3.8) is 0 Å². The summed E-state index contributed by atoms with van der Waals surface area (Å²) < 4.78 is 5.12. The fourth-order valence-electron chi connectivity index (χ4n) is 1.69. The summed E-state index contributed by atoms with van der Waals surface area (Å²) in [5.74, 6) is -1.11. The Hall–Kier alpha value is -1.75. The summed E-state index contributed by atoms with van der Waals surface area (Å²) >= 11 is 5.88. The number of amides is 1. The lowest BCUT2D eigenvalue weighted by atomic mass is 10.1. The summed E-state index contributed by atoms with van der Waals surface area (Å²) in [6.45, 7) is 4.35. The third kappa shape index (κ3) is 4.13. The number of unbranched alkanes of at least 4 members (excludes halogenated alkanes) is 1. The molecule has 0 bridgehead atoms. The van der Waals surface area contributed by atoms with Crippen molar-refractivity contribution in [1.29, 1.82) is 0 Å². The highest BCUT2D eigenvalue weighted by molar-refractivity contribution is 6.31. The molecule has 0 saturated heterocycles. The first kappa shape index (κ1) is 16.3. The lowest BCUT2D eigenvalue weighted by Gasteiger charge is -2.22. The Labute approximate surface area is 123 Å². The molecule has 0 radical (unpaired) electrons. The molecule has 1 N–H and O–H groups in total. The molecule has 0 fully saturated rings. The number of carbonyl (C=O) groups is 2. The highest BCUT2D eigenvalue weighted by Crippen LogP contribution is 2.25. The van der Waals surface area contributed by atoms with Gasteiger partial charge in [0, 0.05) is 11.6 Å². The number of hydrogen-bond acceptors (Lipinski definition) is 3. The van der Waals surface area contributed by atoms with E-state index in [-0.39, 0.29) is 11.3 Å². The quantitative estimate of drug-likeness (QED) is 0.811. The Kier molecular flexibility index (Phi) is 6.31. The Balaban J connectivity index is 3.02. The van der Waals surface area contributed by atoms with Crippen molar-refractivity contribution in [2.75, 3.05) is 18.1 Å². The fourth-order valence-corrected chi connectivity index (χ4v) is 1.85. The number of anilines is 1. The lowest BCUT2D eigenvalue weighted by Crippen LogP contribution is -2.32. The van der Waals surface area contributed by atoms with Crippen molar-refractivity contribution in [2.45, 2.75) is 26.7 Å². The summed E-state index contributed by atoms with van der Waals surface area (Å²) in [6, 6.07) is 4.31. The van der Waals surface area contributed by atoms with E-state index in [1.54, 1.807) is 6.92 Å². The van der Waals surface area contributed by atoms with Crippen LogP contribution >= 0.6 is 11.6 Å². The van der Waals surface area contributed by atoms with Gasteiger partial charge in [-0.15, -0.1) is 0 Å². The van der Waals surface area contributed by atoms with Gasteiger partial charge in [-0.2, -0.15) is 0 Å². The minimum Gasteiger partial charge on any atom is -0.478 e. The first-order chi connectivity index (χ1) is 9.51. The molecular weight excluding hydrogens is 282 g/mol. The molecule has 1 amide bonds. The van der Waals surface area contributed by atoms with Gasteiger partial charge in [0.2, 0.25) is 0 Å². The standard InChI is InChI=1S/C14H18ClNO4/c1-3-5-8-20-14(19)16(4-2)12-9-10(15)6-7-11(12)13(17)18/h6-7,9H,3-5,8H2,1-2H3,(H,17,18).